The normalized spacial score (nSPS) is 10.2. The monoisotopic (exact) mass is 285 g/mol. The fourth-order valence-corrected chi connectivity index (χ4v) is 2.16. The van der Waals surface area contributed by atoms with E-state index in [9.17, 15) is 4.79 Å². The number of nitrogens with zero attached hydrogens (tertiary/aromatic N) is 2. The van der Waals surface area contributed by atoms with Crippen LogP contribution in [0, 0.1) is 6.92 Å². The topological polar surface area (TPSA) is 68.5 Å². The standard InChI is InChI=1S/C16H19N3O2/c1-4-19(12-7-5-6-11(2)8-12)15-9-13(16(20)21-3)14(17)10-18-15/h5-10H,4,17H2,1-3H3. The largest absolute Gasteiger partial charge is 0.465 e. The Hall–Kier alpha value is -2.56. The number of carbonyl (C=O) groups is 1. The molecule has 21 heavy (non-hydrogen) atoms. The third kappa shape index (κ3) is 3.13. The molecule has 0 unspecified atom stereocenters. The third-order valence-electron chi connectivity index (χ3n) is 3.23. The van der Waals surface area contributed by atoms with Gasteiger partial charge in [-0.15, -0.1) is 0 Å². The Morgan fingerprint density at radius 1 is 1.38 bits per heavy atom. The first-order valence-electron chi connectivity index (χ1n) is 6.74. The molecule has 0 saturated carbocycles. The number of esters is 1. The number of aromatic nitrogens is 1. The minimum absolute atomic E-state index is 0.311. The van der Waals surface area contributed by atoms with Crippen molar-refractivity contribution in [2.75, 3.05) is 24.3 Å². The second kappa shape index (κ2) is 6.26. The maximum Gasteiger partial charge on any atom is 0.340 e. The predicted molar refractivity (Wildman–Crippen MR) is 83.8 cm³/mol. The summed E-state index contributed by atoms with van der Waals surface area (Å²) in [5, 5.41) is 0. The zero-order valence-electron chi connectivity index (χ0n) is 12.5. The summed E-state index contributed by atoms with van der Waals surface area (Å²) in [5.41, 5.74) is 8.61. The Morgan fingerprint density at radius 2 is 2.14 bits per heavy atom. The first-order valence-corrected chi connectivity index (χ1v) is 6.74. The van der Waals surface area contributed by atoms with Gasteiger partial charge in [0, 0.05) is 12.2 Å². The lowest BCUT2D eigenvalue weighted by Gasteiger charge is -2.23. The molecule has 110 valence electrons. The highest BCUT2D eigenvalue weighted by atomic mass is 16.5. The van der Waals surface area contributed by atoms with Crippen LogP contribution >= 0.6 is 0 Å². The molecule has 0 radical (unpaired) electrons. The van der Waals surface area contributed by atoms with Crippen LogP contribution in [0.3, 0.4) is 0 Å². The summed E-state index contributed by atoms with van der Waals surface area (Å²) in [7, 11) is 1.33. The molecule has 2 N–H and O–H groups in total. The minimum atomic E-state index is -0.462. The molecule has 0 amide bonds. The summed E-state index contributed by atoms with van der Waals surface area (Å²) in [6, 6.07) is 9.76. The highest BCUT2D eigenvalue weighted by Crippen LogP contribution is 2.26. The lowest BCUT2D eigenvalue weighted by molar-refractivity contribution is 0.0602. The number of hydrogen-bond donors (Lipinski definition) is 1. The summed E-state index contributed by atoms with van der Waals surface area (Å²) in [6.45, 7) is 4.78. The first kappa shape index (κ1) is 14.8. The Labute approximate surface area is 124 Å². The number of carbonyl (C=O) groups excluding carboxylic acids is 1. The van der Waals surface area contributed by atoms with E-state index < -0.39 is 5.97 Å². The zero-order valence-corrected chi connectivity index (χ0v) is 12.5. The second-order valence-electron chi connectivity index (χ2n) is 4.70. The van der Waals surface area contributed by atoms with Gasteiger partial charge in [0.15, 0.2) is 0 Å². The van der Waals surface area contributed by atoms with Crippen molar-refractivity contribution in [1.82, 2.24) is 4.98 Å². The van der Waals surface area contributed by atoms with Crippen molar-refractivity contribution in [3.63, 3.8) is 0 Å². The van der Waals surface area contributed by atoms with E-state index in [-0.39, 0.29) is 0 Å². The number of rotatable bonds is 4. The van der Waals surface area contributed by atoms with Crippen LogP contribution in [-0.2, 0) is 4.74 Å². The van der Waals surface area contributed by atoms with E-state index in [1.807, 2.05) is 36.9 Å². The molecule has 5 nitrogen and oxygen atoms in total. The van der Waals surface area contributed by atoms with Gasteiger partial charge in [0.1, 0.15) is 5.82 Å². The Kier molecular flexibility index (Phi) is 4.42. The summed E-state index contributed by atoms with van der Waals surface area (Å²) in [5.74, 6) is 0.203. The van der Waals surface area contributed by atoms with Crippen molar-refractivity contribution in [1.29, 1.82) is 0 Å². The Balaban J connectivity index is 2.46. The molecule has 0 saturated heterocycles. The van der Waals surface area contributed by atoms with Gasteiger partial charge in [-0.05, 0) is 37.6 Å². The maximum absolute atomic E-state index is 11.7. The van der Waals surface area contributed by atoms with Gasteiger partial charge < -0.3 is 15.4 Å². The van der Waals surface area contributed by atoms with Gasteiger partial charge in [-0.25, -0.2) is 9.78 Å². The number of nitrogens with two attached hydrogens (primary N) is 1. The van der Waals surface area contributed by atoms with E-state index in [1.165, 1.54) is 13.3 Å². The summed E-state index contributed by atoms with van der Waals surface area (Å²) in [4.78, 5) is 18.1. The molecule has 1 aromatic carbocycles. The SMILES string of the molecule is CCN(c1cccc(C)c1)c1cc(C(=O)OC)c(N)cn1. The smallest absolute Gasteiger partial charge is 0.340 e. The maximum atomic E-state index is 11.7. The van der Waals surface area contributed by atoms with Gasteiger partial charge in [-0.2, -0.15) is 0 Å². The van der Waals surface area contributed by atoms with Crippen LogP contribution in [0.1, 0.15) is 22.8 Å². The van der Waals surface area contributed by atoms with Crippen molar-refractivity contribution in [3.05, 3.63) is 47.7 Å². The fraction of sp³-hybridized carbons (Fsp3) is 0.250. The number of pyridine rings is 1. The third-order valence-corrected chi connectivity index (χ3v) is 3.23. The van der Waals surface area contributed by atoms with Crippen LogP contribution in [0.2, 0.25) is 0 Å². The molecule has 0 bridgehead atoms. The number of nitrogen functional groups attached to an aromatic ring is 1. The number of hydrogen-bond acceptors (Lipinski definition) is 5. The quantitative estimate of drug-likeness (QED) is 0.875. The highest BCUT2D eigenvalue weighted by molar-refractivity contribution is 5.95. The number of ether oxygens (including phenoxy) is 1. The van der Waals surface area contributed by atoms with E-state index in [1.54, 1.807) is 6.07 Å². The van der Waals surface area contributed by atoms with Gasteiger partial charge in [0.05, 0.1) is 24.6 Å². The van der Waals surface area contributed by atoms with Crippen LogP contribution in [0.4, 0.5) is 17.2 Å². The van der Waals surface area contributed by atoms with Gasteiger partial charge in [0.25, 0.3) is 0 Å². The van der Waals surface area contributed by atoms with Gasteiger partial charge in [-0.1, -0.05) is 12.1 Å². The molecule has 1 aromatic heterocycles. The Morgan fingerprint density at radius 3 is 2.76 bits per heavy atom. The zero-order chi connectivity index (χ0) is 15.4. The van der Waals surface area contributed by atoms with E-state index in [0.717, 1.165) is 17.8 Å². The lowest BCUT2D eigenvalue weighted by Crippen LogP contribution is -2.18. The van der Waals surface area contributed by atoms with Crippen LogP contribution in [-0.4, -0.2) is 24.6 Å². The van der Waals surface area contributed by atoms with E-state index in [2.05, 4.69) is 11.1 Å². The number of anilines is 3. The van der Waals surface area contributed by atoms with Crippen LogP contribution in [0.25, 0.3) is 0 Å². The second-order valence-corrected chi connectivity index (χ2v) is 4.70. The molecular formula is C16H19N3O2. The lowest BCUT2D eigenvalue weighted by atomic mass is 10.2. The van der Waals surface area contributed by atoms with Gasteiger partial charge in [0.2, 0.25) is 0 Å². The molecule has 0 spiro atoms. The van der Waals surface area contributed by atoms with Crippen molar-refractivity contribution < 1.29 is 9.53 Å². The van der Waals surface area contributed by atoms with Crippen molar-refractivity contribution in [3.8, 4) is 0 Å². The molecule has 2 aromatic rings. The summed E-state index contributed by atoms with van der Waals surface area (Å²) >= 11 is 0. The molecule has 0 aliphatic rings. The first-order chi connectivity index (χ1) is 10.1. The van der Waals surface area contributed by atoms with Gasteiger partial charge >= 0.3 is 5.97 Å². The molecule has 2 rings (SSSR count). The van der Waals surface area contributed by atoms with Crippen LogP contribution in [0.5, 0.6) is 0 Å². The molecule has 0 fully saturated rings. The predicted octanol–water partition coefficient (Wildman–Crippen LogP) is 2.92. The minimum Gasteiger partial charge on any atom is -0.465 e. The van der Waals surface area contributed by atoms with E-state index in [4.69, 9.17) is 10.5 Å². The van der Waals surface area contributed by atoms with E-state index in [0.29, 0.717) is 17.1 Å². The van der Waals surface area contributed by atoms with Gasteiger partial charge in [-0.3, -0.25) is 0 Å². The molecule has 1 heterocycles. The fourth-order valence-electron chi connectivity index (χ4n) is 2.16. The number of methoxy groups -OCH3 is 1. The number of benzene rings is 1. The molecule has 0 aliphatic heterocycles. The van der Waals surface area contributed by atoms with Crippen molar-refractivity contribution in [2.45, 2.75) is 13.8 Å². The van der Waals surface area contributed by atoms with Crippen molar-refractivity contribution in [2.24, 2.45) is 0 Å². The average molecular weight is 285 g/mol. The average Bonchev–Trinajstić information content (AvgIpc) is 2.49. The van der Waals surface area contributed by atoms with Crippen molar-refractivity contribution >= 4 is 23.2 Å². The van der Waals surface area contributed by atoms with Crippen LogP contribution in [0.15, 0.2) is 36.5 Å². The highest BCUT2D eigenvalue weighted by Gasteiger charge is 2.15. The molecule has 0 atom stereocenters. The molecule has 5 heteroatoms. The Bertz CT molecular complexity index is 656. The van der Waals surface area contributed by atoms with Crippen LogP contribution < -0.4 is 10.6 Å². The number of aryl methyl sites for hydroxylation is 1. The summed E-state index contributed by atoms with van der Waals surface area (Å²) in [6.07, 6.45) is 1.49. The summed E-state index contributed by atoms with van der Waals surface area (Å²) < 4.78 is 4.75. The molecule has 0 aliphatic carbocycles. The van der Waals surface area contributed by atoms with E-state index >= 15 is 0 Å². The molecular weight excluding hydrogens is 266 g/mol.